The zero-order valence-corrected chi connectivity index (χ0v) is 19.5. The average molecular weight is 512 g/mol. The Hall–Kier alpha value is -1.77. The normalized spacial score (nSPS) is 15.9. The minimum atomic E-state index is -0.149. The lowest BCUT2D eigenvalue weighted by molar-refractivity contribution is 0.103. The number of nitrogens with zero attached hydrogens (tertiary/aromatic N) is 2. The Morgan fingerprint density at radius 3 is 2.03 bits per heavy atom. The number of methoxy groups -OCH3 is 3. The Kier molecular flexibility index (Phi) is 7.80. The molecule has 2 aromatic rings. The summed E-state index contributed by atoms with van der Waals surface area (Å²) in [7, 11) is 4.63. The molecule has 1 aromatic heterocycles. The van der Waals surface area contributed by atoms with Crippen molar-refractivity contribution in [2.24, 2.45) is 0 Å². The summed E-state index contributed by atoms with van der Waals surface area (Å²) >= 11 is 2.24. The quantitative estimate of drug-likeness (QED) is 0.375. The third kappa shape index (κ3) is 5.05. The summed E-state index contributed by atoms with van der Waals surface area (Å²) in [4.78, 5) is 17.9. The lowest BCUT2D eigenvalue weighted by Gasteiger charge is -2.14. The summed E-state index contributed by atoms with van der Waals surface area (Å²) in [6, 6.07) is 3.35. The predicted molar refractivity (Wildman–Crippen MR) is 121 cm³/mol. The second-order valence-corrected chi connectivity index (χ2v) is 8.47. The van der Waals surface area contributed by atoms with Crippen LogP contribution in [0.15, 0.2) is 18.3 Å². The van der Waals surface area contributed by atoms with Gasteiger partial charge in [-0.1, -0.05) is 38.5 Å². The van der Waals surface area contributed by atoms with Crippen molar-refractivity contribution < 1.29 is 19.0 Å². The van der Waals surface area contributed by atoms with Crippen LogP contribution in [-0.2, 0) is 0 Å². The molecule has 1 aromatic carbocycles. The minimum Gasteiger partial charge on any atom is -0.493 e. The van der Waals surface area contributed by atoms with Crippen LogP contribution in [0, 0.1) is 0 Å². The zero-order chi connectivity index (χ0) is 20.8. The van der Waals surface area contributed by atoms with Crippen molar-refractivity contribution in [3.05, 3.63) is 35.4 Å². The molecule has 0 atom stereocenters. The van der Waals surface area contributed by atoms with Crippen LogP contribution in [0.4, 0.5) is 0 Å². The highest BCUT2D eigenvalue weighted by Crippen LogP contribution is 2.39. The van der Waals surface area contributed by atoms with E-state index >= 15 is 0 Å². The molecule has 0 radical (unpaired) electrons. The molecule has 3 rings (SSSR count). The van der Waals surface area contributed by atoms with Crippen LogP contribution in [0.5, 0.6) is 17.2 Å². The third-order valence-corrected chi connectivity index (χ3v) is 6.34. The van der Waals surface area contributed by atoms with E-state index < -0.39 is 0 Å². The zero-order valence-electron chi connectivity index (χ0n) is 17.4. The second-order valence-electron chi connectivity index (χ2n) is 7.43. The molecular formula is C22H29IN2O4. The van der Waals surface area contributed by atoms with Crippen molar-refractivity contribution in [2.75, 3.05) is 21.3 Å². The molecule has 0 unspecified atom stereocenters. The van der Waals surface area contributed by atoms with Crippen LogP contribution < -0.4 is 14.2 Å². The Bertz CT molecular complexity index is 814. The third-order valence-electron chi connectivity index (χ3n) is 5.57. The van der Waals surface area contributed by atoms with Gasteiger partial charge in [0.15, 0.2) is 11.5 Å². The number of carbonyl (C=O) groups is 1. The summed E-state index contributed by atoms with van der Waals surface area (Å²) in [5.41, 5.74) is 0.915. The van der Waals surface area contributed by atoms with Crippen molar-refractivity contribution in [3.8, 4) is 17.2 Å². The van der Waals surface area contributed by atoms with E-state index in [-0.39, 0.29) is 5.78 Å². The smallest absolute Gasteiger partial charge is 0.213 e. The lowest BCUT2D eigenvalue weighted by atomic mass is 9.96. The number of carbonyl (C=O) groups excluding carboxylic acids is 1. The number of halogens is 1. The Balaban J connectivity index is 1.89. The van der Waals surface area contributed by atoms with Crippen LogP contribution >= 0.6 is 22.9 Å². The molecule has 158 valence electrons. The number of imidazole rings is 1. The van der Waals surface area contributed by atoms with Gasteiger partial charge in [-0.3, -0.25) is 7.58 Å². The maximum absolute atomic E-state index is 13.2. The standard InChI is InChI=1S/C22H29IN2O4/c1-27-18-12-16(13-19(28-2)21(18)29-3)20(26)17-14-25(23)22(24-17)15-10-8-6-4-5-7-9-11-15/h12-15H,4-11H2,1-3H3. The average Bonchev–Trinajstić information content (AvgIpc) is 3.18. The first-order chi connectivity index (χ1) is 14.1. The van der Waals surface area contributed by atoms with Gasteiger partial charge in [0, 0.05) is 17.7 Å². The van der Waals surface area contributed by atoms with E-state index in [0.29, 0.717) is 34.4 Å². The van der Waals surface area contributed by atoms with E-state index in [2.05, 4.69) is 22.9 Å². The predicted octanol–water partition coefficient (Wildman–Crippen LogP) is 5.56. The fourth-order valence-electron chi connectivity index (χ4n) is 4.00. The van der Waals surface area contributed by atoms with Crippen LogP contribution in [-0.4, -0.2) is 34.9 Å². The minimum absolute atomic E-state index is 0.149. The molecule has 1 fully saturated rings. The highest BCUT2D eigenvalue weighted by molar-refractivity contribution is 14.1. The first kappa shape index (κ1) is 21.9. The highest BCUT2D eigenvalue weighted by Gasteiger charge is 2.24. The number of ether oxygens (including phenoxy) is 3. The molecule has 0 spiro atoms. The summed E-state index contributed by atoms with van der Waals surface area (Å²) in [5, 5.41) is 0. The SMILES string of the molecule is COc1cc(C(=O)c2cn(I)c(C3CCCCCCCC3)n2)cc(OC)c1OC. The fourth-order valence-corrected chi connectivity index (χ4v) is 4.77. The van der Waals surface area contributed by atoms with Gasteiger partial charge in [0.1, 0.15) is 11.5 Å². The molecule has 1 heterocycles. The van der Waals surface area contributed by atoms with Crippen LogP contribution in [0.2, 0.25) is 0 Å². The monoisotopic (exact) mass is 512 g/mol. The lowest BCUT2D eigenvalue weighted by Crippen LogP contribution is -2.06. The van der Waals surface area contributed by atoms with Crippen LogP contribution in [0.3, 0.4) is 0 Å². The number of benzene rings is 1. The molecule has 0 amide bonds. The van der Waals surface area contributed by atoms with Crippen molar-refractivity contribution in [1.82, 2.24) is 7.76 Å². The van der Waals surface area contributed by atoms with E-state index in [9.17, 15) is 4.79 Å². The summed E-state index contributed by atoms with van der Waals surface area (Å²) < 4.78 is 18.1. The first-order valence-corrected chi connectivity index (χ1v) is 11.2. The van der Waals surface area contributed by atoms with E-state index in [0.717, 1.165) is 18.7 Å². The summed E-state index contributed by atoms with van der Waals surface area (Å²) in [5.74, 6) is 2.65. The largest absolute Gasteiger partial charge is 0.493 e. The van der Waals surface area contributed by atoms with Gasteiger partial charge >= 0.3 is 0 Å². The molecule has 7 heteroatoms. The second kappa shape index (κ2) is 10.3. The number of hydrogen-bond donors (Lipinski definition) is 0. The van der Waals surface area contributed by atoms with E-state index in [1.165, 1.54) is 38.5 Å². The van der Waals surface area contributed by atoms with Gasteiger partial charge in [0.2, 0.25) is 11.5 Å². The molecule has 0 aliphatic heterocycles. The van der Waals surface area contributed by atoms with Crippen molar-refractivity contribution in [1.29, 1.82) is 0 Å². The number of ketones is 1. The van der Waals surface area contributed by atoms with Gasteiger partial charge in [-0.25, -0.2) is 4.98 Å². The molecule has 6 nitrogen and oxygen atoms in total. The number of hydrogen-bond acceptors (Lipinski definition) is 5. The van der Waals surface area contributed by atoms with Gasteiger partial charge in [0.25, 0.3) is 0 Å². The van der Waals surface area contributed by atoms with Crippen molar-refractivity contribution in [3.63, 3.8) is 0 Å². The highest BCUT2D eigenvalue weighted by atomic mass is 127. The van der Waals surface area contributed by atoms with E-state index in [4.69, 9.17) is 19.2 Å². The van der Waals surface area contributed by atoms with Gasteiger partial charge < -0.3 is 14.2 Å². The Morgan fingerprint density at radius 2 is 1.52 bits per heavy atom. The number of aromatic nitrogens is 2. The maximum atomic E-state index is 13.2. The van der Waals surface area contributed by atoms with Crippen molar-refractivity contribution in [2.45, 2.75) is 57.3 Å². The van der Waals surface area contributed by atoms with Gasteiger partial charge in [-0.15, -0.1) is 0 Å². The Labute approximate surface area is 186 Å². The van der Waals surface area contributed by atoms with E-state index in [1.807, 2.05) is 8.98 Å². The molecule has 0 bridgehead atoms. The molecule has 1 aliphatic carbocycles. The van der Waals surface area contributed by atoms with Gasteiger partial charge in [-0.05, 0) is 25.0 Å². The van der Waals surface area contributed by atoms with Crippen molar-refractivity contribution >= 4 is 28.6 Å². The first-order valence-electron chi connectivity index (χ1n) is 10.2. The summed E-state index contributed by atoms with van der Waals surface area (Å²) in [6.07, 6.45) is 11.8. The molecule has 29 heavy (non-hydrogen) atoms. The van der Waals surface area contributed by atoms with Gasteiger partial charge in [-0.2, -0.15) is 0 Å². The van der Waals surface area contributed by atoms with E-state index in [1.54, 1.807) is 33.5 Å². The molecule has 1 aliphatic rings. The molecule has 0 saturated heterocycles. The molecule has 1 saturated carbocycles. The number of rotatable bonds is 6. The van der Waals surface area contributed by atoms with Crippen LogP contribution in [0.25, 0.3) is 0 Å². The fraction of sp³-hybridized carbons (Fsp3) is 0.545. The topological polar surface area (TPSA) is 62.6 Å². The van der Waals surface area contributed by atoms with Gasteiger partial charge in [0.05, 0.1) is 44.2 Å². The Morgan fingerprint density at radius 1 is 0.966 bits per heavy atom. The molecule has 0 N–H and O–H groups in total. The summed E-state index contributed by atoms with van der Waals surface area (Å²) in [6.45, 7) is 0. The molecular weight excluding hydrogens is 483 g/mol. The van der Waals surface area contributed by atoms with Crippen LogP contribution in [0.1, 0.15) is 79.2 Å². The maximum Gasteiger partial charge on any atom is 0.213 e.